The third-order valence-electron chi connectivity index (χ3n) is 4.25. The highest BCUT2D eigenvalue weighted by molar-refractivity contribution is 7.09. The van der Waals surface area contributed by atoms with E-state index in [0.29, 0.717) is 18.0 Å². The zero-order valence-corrected chi connectivity index (χ0v) is 13.5. The summed E-state index contributed by atoms with van der Waals surface area (Å²) in [6.45, 7) is 7.68. The molecule has 3 nitrogen and oxygen atoms in total. The maximum absolute atomic E-state index is 4.46. The largest absolute Gasteiger partial charge is 0.307 e. The van der Waals surface area contributed by atoms with Gasteiger partial charge in [0.1, 0.15) is 5.01 Å². The Morgan fingerprint density at radius 3 is 2.81 bits per heavy atom. The fourth-order valence-corrected chi connectivity index (χ4v) is 3.72. The molecule has 0 aliphatic carbocycles. The van der Waals surface area contributed by atoms with Crippen LogP contribution >= 0.6 is 11.3 Å². The van der Waals surface area contributed by atoms with Crippen LogP contribution in [0.25, 0.3) is 0 Å². The first-order valence-electron chi connectivity index (χ1n) is 7.65. The molecule has 21 heavy (non-hydrogen) atoms. The molecule has 1 aromatic carbocycles. The zero-order chi connectivity index (χ0) is 14.7. The van der Waals surface area contributed by atoms with Crippen LogP contribution in [0.3, 0.4) is 0 Å². The fourth-order valence-electron chi connectivity index (χ4n) is 3.08. The summed E-state index contributed by atoms with van der Waals surface area (Å²) < 4.78 is 0. The van der Waals surface area contributed by atoms with Gasteiger partial charge in [-0.1, -0.05) is 44.2 Å². The highest BCUT2D eigenvalue weighted by Gasteiger charge is 2.30. The Bertz CT molecular complexity index is 538. The second-order valence-electron chi connectivity index (χ2n) is 6.04. The monoisotopic (exact) mass is 301 g/mol. The second kappa shape index (κ2) is 6.69. The van der Waals surface area contributed by atoms with Gasteiger partial charge in [-0.05, 0) is 11.5 Å². The molecule has 4 heteroatoms. The second-order valence-corrected chi connectivity index (χ2v) is 7.02. The van der Waals surface area contributed by atoms with Gasteiger partial charge in [0.25, 0.3) is 0 Å². The number of hydrogen-bond acceptors (Lipinski definition) is 4. The number of aromatic nitrogens is 1. The van der Waals surface area contributed by atoms with Crippen molar-refractivity contribution in [2.45, 2.75) is 32.5 Å². The summed E-state index contributed by atoms with van der Waals surface area (Å²) in [6, 6.07) is 11.8. The average Bonchev–Trinajstić information content (AvgIpc) is 3.01. The number of rotatable bonds is 4. The summed E-state index contributed by atoms with van der Waals surface area (Å²) in [5, 5.41) is 7.00. The van der Waals surface area contributed by atoms with Crippen molar-refractivity contribution in [2.24, 2.45) is 5.92 Å². The number of hydrogen-bond donors (Lipinski definition) is 1. The van der Waals surface area contributed by atoms with Crippen molar-refractivity contribution in [3.05, 3.63) is 52.5 Å². The molecule has 0 bridgehead atoms. The van der Waals surface area contributed by atoms with Gasteiger partial charge in [0.15, 0.2) is 0 Å². The van der Waals surface area contributed by atoms with Crippen molar-refractivity contribution in [3.63, 3.8) is 0 Å². The molecule has 1 aromatic heterocycles. The SMILES string of the molecule is CC(C)C1CNC(c2ccccc2)CN1Cc1nccs1. The lowest BCUT2D eigenvalue weighted by Gasteiger charge is -2.42. The van der Waals surface area contributed by atoms with Gasteiger partial charge in [0.05, 0.1) is 6.54 Å². The van der Waals surface area contributed by atoms with Gasteiger partial charge in [0, 0.05) is 36.8 Å². The number of nitrogens with one attached hydrogen (secondary N) is 1. The van der Waals surface area contributed by atoms with E-state index in [1.165, 1.54) is 10.6 Å². The summed E-state index contributed by atoms with van der Waals surface area (Å²) >= 11 is 1.75. The van der Waals surface area contributed by atoms with Crippen molar-refractivity contribution in [1.82, 2.24) is 15.2 Å². The van der Waals surface area contributed by atoms with E-state index >= 15 is 0 Å². The lowest BCUT2D eigenvalue weighted by atomic mass is 9.96. The lowest BCUT2D eigenvalue weighted by molar-refractivity contribution is 0.0910. The van der Waals surface area contributed by atoms with Crippen LogP contribution in [0.2, 0.25) is 0 Å². The number of benzene rings is 1. The van der Waals surface area contributed by atoms with Gasteiger partial charge in [-0.2, -0.15) is 0 Å². The standard InChI is InChI=1S/C17H23N3S/c1-13(2)16-10-19-15(14-6-4-3-5-7-14)11-20(16)12-17-18-8-9-21-17/h3-9,13,15-16,19H,10-12H2,1-2H3. The van der Waals surface area contributed by atoms with Crippen molar-refractivity contribution >= 4 is 11.3 Å². The van der Waals surface area contributed by atoms with Gasteiger partial charge in [-0.3, -0.25) is 4.90 Å². The highest BCUT2D eigenvalue weighted by Crippen LogP contribution is 2.25. The van der Waals surface area contributed by atoms with E-state index in [1.54, 1.807) is 11.3 Å². The third-order valence-corrected chi connectivity index (χ3v) is 5.02. The number of piperazine rings is 1. The summed E-state index contributed by atoms with van der Waals surface area (Å²) in [4.78, 5) is 7.05. The van der Waals surface area contributed by atoms with Crippen LogP contribution in [0.4, 0.5) is 0 Å². The minimum absolute atomic E-state index is 0.418. The molecule has 1 N–H and O–H groups in total. The zero-order valence-electron chi connectivity index (χ0n) is 12.7. The van der Waals surface area contributed by atoms with Crippen molar-refractivity contribution in [3.8, 4) is 0 Å². The Morgan fingerprint density at radius 1 is 1.33 bits per heavy atom. The molecule has 0 saturated carbocycles. The Kier molecular flexibility index (Phi) is 4.68. The normalized spacial score (nSPS) is 23.6. The van der Waals surface area contributed by atoms with Gasteiger partial charge in [-0.15, -0.1) is 11.3 Å². The summed E-state index contributed by atoms with van der Waals surface area (Å²) in [5.41, 5.74) is 1.38. The first-order chi connectivity index (χ1) is 10.2. The topological polar surface area (TPSA) is 28.2 Å². The molecule has 0 amide bonds. The van der Waals surface area contributed by atoms with Crippen molar-refractivity contribution in [1.29, 1.82) is 0 Å². The van der Waals surface area contributed by atoms with Crippen LogP contribution < -0.4 is 5.32 Å². The highest BCUT2D eigenvalue weighted by atomic mass is 32.1. The first kappa shape index (κ1) is 14.7. The van der Waals surface area contributed by atoms with Crippen LogP contribution in [0.15, 0.2) is 41.9 Å². The van der Waals surface area contributed by atoms with Crippen LogP contribution in [-0.4, -0.2) is 29.0 Å². The molecular weight excluding hydrogens is 278 g/mol. The molecule has 3 rings (SSSR count). The van der Waals surface area contributed by atoms with Gasteiger partial charge in [-0.25, -0.2) is 4.98 Å². The maximum atomic E-state index is 4.46. The van der Waals surface area contributed by atoms with Gasteiger partial charge in [0.2, 0.25) is 0 Å². The summed E-state index contributed by atoms with van der Waals surface area (Å²) in [7, 11) is 0. The van der Waals surface area contributed by atoms with E-state index in [9.17, 15) is 0 Å². The Labute approximate surface area is 131 Å². The van der Waals surface area contributed by atoms with Gasteiger partial charge >= 0.3 is 0 Å². The molecule has 2 atom stereocenters. The molecule has 1 saturated heterocycles. The van der Waals surface area contributed by atoms with E-state index in [-0.39, 0.29) is 0 Å². The van der Waals surface area contributed by atoms with Crippen LogP contribution in [0.5, 0.6) is 0 Å². The molecule has 0 radical (unpaired) electrons. The summed E-state index contributed by atoms with van der Waals surface area (Å²) in [6.07, 6.45) is 1.90. The van der Waals surface area contributed by atoms with Gasteiger partial charge < -0.3 is 5.32 Å². The fraction of sp³-hybridized carbons (Fsp3) is 0.471. The predicted octanol–water partition coefficient (Wildman–Crippen LogP) is 3.31. The van der Waals surface area contributed by atoms with E-state index in [1.807, 2.05) is 6.20 Å². The van der Waals surface area contributed by atoms with Crippen LogP contribution in [-0.2, 0) is 6.54 Å². The quantitative estimate of drug-likeness (QED) is 0.939. The minimum atomic E-state index is 0.418. The predicted molar refractivity (Wildman–Crippen MR) is 88.3 cm³/mol. The lowest BCUT2D eigenvalue weighted by Crippen LogP contribution is -2.54. The van der Waals surface area contributed by atoms with Crippen molar-refractivity contribution in [2.75, 3.05) is 13.1 Å². The minimum Gasteiger partial charge on any atom is -0.307 e. The molecule has 2 aromatic rings. The molecule has 2 heterocycles. The molecule has 2 unspecified atom stereocenters. The van der Waals surface area contributed by atoms with Crippen LogP contribution in [0.1, 0.15) is 30.5 Å². The first-order valence-corrected chi connectivity index (χ1v) is 8.52. The van der Waals surface area contributed by atoms with E-state index in [0.717, 1.165) is 19.6 Å². The Morgan fingerprint density at radius 2 is 2.14 bits per heavy atom. The smallest absolute Gasteiger partial charge is 0.107 e. The molecule has 112 valence electrons. The maximum Gasteiger partial charge on any atom is 0.107 e. The van der Waals surface area contributed by atoms with Crippen LogP contribution in [0, 0.1) is 5.92 Å². The molecule has 1 aliphatic rings. The summed E-state index contributed by atoms with van der Waals surface area (Å²) in [5.74, 6) is 0.647. The molecular formula is C17H23N3S. The number of nitrogens with zero attached hydrogens (tertiary/aromatic N) is 2. The average molecular weight is 301 g/mol. The molecule has 1 aliphatic heterocycles. The molecule has 0 spiro atoms. The Balaban J connectivity index is 1.75. The van der Waals surface area contributed by atoms with E-state index in [4.69, 9.17) is 0 Å². The van der Waals surface area contributed by atoms with Crippen molar-refractivity contribution < 1.29 is 0 Å². The Hall–Kier alpha value is -1.23. The number of thiazole rings is 1. The van der Waals surface area contributed by atoms with E-state index in [2.05, 4.69) is 64.8 Å². The molecule has 1 fully saturated rings. The van der Waals surface area contributed by atoms with E-state index < -0.39 is 0 Å². The third kappa shape index (κ3) is 3.51.